The van der Waals surface area contributed by atoms with Crippen molar-refractivity contribution in [1.82, 2.24) is 0 Å². The van der Waals surface area contributed by atoms with Gasteiger partial charge in [-0.05, 0) is 48.9 Å². The van der Waals surface area contributed by atoms with Crippen LogP contribution in [0.1, 0.15) is 24.2 Å². The molecule has 2 rings (SSSR count). The van der Waals surface area contributed by atoms with E-state index in [4.69, 9.17) is 10.00 Å². The molecule has 1 N–H and O–H groups in total. The summed E-state index contributed by atoms with van der Waals surface area (Å²) >= 11 is 3.40. The number of rotatable bonds is 3. The van der Waals surface area contributed by atoms with Crippen molar-refractivity contribution < 1.29 is 9.84 Å². The van der Waals surface area contributed by atoms with Gasteiger partial charge < -0.3 is 9.84 Å². The van der Waals surface area contributed by atoms with E-state index < -0.39 is 6.10 Å². The molecule has 0 spiro atoms. The minimum atomic E-state index is -0.529. The summed E-state index contributed by atoms with van der Waals surface area (Å²) in [5, 5.41) is 18.3. The van der Waals surface area contributed by atoms with Gasteiger partial charge in [-0.2, -0.15) is 5.26 Å². The van der Waals surface area contributed by atoms with Crippen LogP contribution in [-0.4, -0.2) is 5.11 Å². The molecule has 0 aliphatic carbocycles. The van der Waals surface area contributed by atoms with E-state index in [-0.39, 0.29) is 0 Å². The number of hydrogen-bond acceptors (Lipinski definition) is 3. The Balaban J connectivity index is 2.19. The number of nitriles is 1. The third-order valence-electron chi connectivity index (χ3n) is 2.64. The van der Waals surface area contributed by atoms with E-state index in [9.17, 15) is 5.11 Å². The van der Waals surface area contributed by atoms with Crippen molar-refractivity contribution in [2.24, 2.45) is 0 Å². The summed E-state index contributed by atoms with van der Waals surface area (Å²) in [4.78, 5) is 0. The quantitative estimate of drug-likeness (QED) is 0.924. The lowest BCUT2D eigenvalue weighted by Gasteiger charge is -2.10. The zero-order valence-corrected chi connectivity index (χ0v) is 11.9. The SMILES string of the molecule is CC(O)c1ccc(Oc2ccc(C#N)cc2)cc1Br. The number of hydrogen-bond donors (Lipinski definition) is 1. The highest BCUT2D eigenvalue weighted by atomic mass is 79.9. The normalized spacial score (nSPS) is 11.7. The van der Waals surface area contributed by atoms with Gasteiger partial charge in [0.15, 0.2) is 0 Å². The van der Waals surface area contributed by atoms with Crippen molar-refractivity contribution >= 4 is 15.9 Å². The minimum absolute atomic E-state index is 0.529. The lowest BCUT2D eigenvalue weighted by atomic mass is 10.1. The molecule has 4 heteroatoms. The highest BCUT2D eigenvalue weighted by Gasteiger charge is 2.07. The molecule has 0 aliphatic heterocycles. The largest absolute Gasteiger partial charge is 0.457 e. The first kappa shape index (κ1) is 13.6. The maximum absolute atomic E-state index is 9.54. The molecule has 0 amide bonds. The van der Waals surface area contributed by atoms with Crippen molar-refractivity contribution in [3.8, 4) is 17.6 Å². The van der Waals surface area contributed by atoms with Gasteiger partial charge in [-0.15, -0.1) is 0 Å². The Morgan fingerprint density at radius 3 is 2.32 bits per heavy atom. The molecule has 96 valence electrons. The lowest BCUT2D eigenvalue weighted by molar-refractivity contribution is 0.198. The lowest BCUT2D eigenvalue weighted by Crippen LogP contribution is -1.93. The molecule has 0 aromatic heterocycles. The second-order valence-electron chi connectivity index (χ2n) is 4.10. The molecule has 2 aromatic rings. The standard InChI is InChI=1S/C15H12BrNO2/c1-10(18)14-7-6-13(8-15(14)16)19-12-4-2-11(9-17)3-5-12/h2-8,10,18H,1H3. The Bertz CT molecular complexity index is 615. The van der Waals surface area contributed by atoms with Crippen molar-refractivity contribution in [3.05, 3.63) is 58.1 Å². The van der Waals surface area contributed by atoms with Gasteiger partial charge in [0.25, 0.3) is 0 Å². The van der Waals surface area contributed by atoms with Crippen LogP contribution in [0.5, 0.6) is 11.5 Å². The highest BCUT2D eigenvalue weighted by molar-refractivity contribution is 9.10. The van der Waals surface area contributed by atoms with Crippen LogP contribution < -0.4 is 4.74 Å². The molecule has 0 saturated carbocycles. The Morgan fingerprint density at radius 1 is 1.16 bits per heavy atom. The number of nitrogens with zero attached hydrogens (tertiary/aromatic N) is 1. The average Bonchev–Trinajstić information content (AvgIpc) is 2.39. The van der Waals surface area contributed by atoms with E-state index in [1.807, 2.05) is 6.07 Å². The summed E-state index contributed by atoms with van der Waals surface area (Å²) in [6, 6.07) is 14.4. The Hall–Kier alpha value is -1.83. The van der Waals surface area contributed by atoms with E-state index in [0.717, 1.165) is 10.0 Å². The summed E-state index contributed by atoms with van der Waals surface area (Å²) in [6.45, 7) is 1.71. The van der Waals surface area contributed by atoms with Crippen LogP contribution in [0.15, 0.2) is 46.9 Å². The van der Waals surface area contributed by atoms with Crippen LogP contribution >= 0.6 is 15.9 Å². The first-order valence-corrected chi connectivity index (χ1v) is 6.55. The van der Waals surface area contributed by atoms with Gasteiger partial charge in [0.1, 0.15) is 11.5 Å². The molecule has 19 heavy (non-hydrogen) atoms. The van der Waals surface area contributed by atoms with Gasteiger partial charge in [0, 0.05) is 4.47 Å². The number of aliphatic hydroxyl groups excluding tert-OH is 1. The van der Waals surface area contributed by atoms with Gasteiger partial charge in [0.05, 0.1) is 17.7 Å². The van der Waals surface area contributed by atoms with Crippen LogP contribution in [0, 0.1) is 11.3 Å². The van der Waals surface area contributed by atoms with Gasteiger partial charge in [-0.1, -0.05) is 22.0 Å². The van der Waals surface area contributed by atoms with Crippen LogP contribution in [-0.2, 0) is 0 Å². The van der Waals surface area contributed by atoms with Crippen LogP contribution in [0.2, 0.25) is 0 Å². The maximum Gasteiger partial charge on any atom is 0.128 e. The smallest absolute Gasteiger partial charge is 0.128 e. The average molecular weight is 318 g/mol. The Labute approximate surface area is 120 Å². The van der Waals surface area contributed by atoms with Crippen LogP contribution in [0.4, 0.5) is 0 Å². The number of ether oxygens (including phenoxy) is 1. The molecule has 0 fully saturated rings. The van der Waals surface area contributed by atoms with Gasteiger partial charge in [0.2, 0.25) is 0 Å². The third kappa shape index (κ3) is 3.34. The monoisotopic (exact) mass is 317 g/mol. The summed E-state index contributed by atoms with van der Waals surface area (Å²) in [5.74, 6) is 1.33. The first-order valence-electron chi connectivity index (χ1n) is 5.75. The van der Waals surface area contributed by atoms with Crippen LogP contribution in [0.25, 0.3) is 0 Å². The zero-order chi connectivity index (χ0) is 13.8. The summed E-state index contributed by atoms with van der Waals surface area (Å²) in [6.07, 6.45) is -0.529. The molecule has 0 aliphatic rings. The first-order chi connectivity index (χ1) is 9.10. The number of halogens is 1. The highest BCUT2D eigenvalue weighted by Crippen LogP contribution is 2.30. The van der Waals surface area contributed by atoms with E-state index >= 15 is 0 Å². The number of aliphatic hydroxyl groups is 1. The summed E-state index contributed by atoms with van der Waals surface area (Å²) < 4.78 is 6.47. The molecular weight excluding hydrogens is 306 g/mol. The molecule has 3 nitrogen and oxygen atoms in total. The molecule has 0 bridgehead atoms. The van der Waals surface area contributed by atoms with E-state index in [1.165, 1.54) is 0 Å². The fourth-order valence-electron chi connectivity index (χ4n) is 1.64. The fourth-order valence-corrected chi connectivity index (χ4v) is 2.33. The summed E-state index contributed by atoms with van der Waals surface area (Å²) in [5.41, 5.74) is 1.41. The van der Waals surface area contributed by atoms with Crippen molar-refractivity contribution in [2.45, 2.75) is 13.0 Å². The van der Waals surface area contributed by atoms with Gasteiger partial charge in [-0.25, -0.2) is 0 Å². The zero-order valence-electron chi connectivity index (χ0n) is 10.3. The van der Waals surface area contributed by atoms with Crippen LogP contribution in [0.3, 0.4) is 0 Å². The second kappa shape index (κ2) is 5.87. The van der Waals surface area contributed by atoms with E-state index in [1.54, 1.807) is 43.3 Å². The van der Waals surface area contributed by atoms with Gasteiger partial charge >= 0.3 is 0 Å². The molecular formula is C15H12BrNO2. The fraction of sp³-hybridized carbons (Fsp3) is 0.133. The van der Waals surface area contributed by atoms with Crippen molar-refractivity contribution in [3.63, 3.8) is 0 Å². The predicted octanol–water partition coefficient (Wildman–Crippen LogP) is 4.17. The minimum Gasteiger partial charge on any atom is -0.457 e. The molecule has 1 unspecified atom stereocenters. The van der Waals surface area contributed by atoms with Crippen molar-refractivity contribution in [2.75, 3.05) is 0 Å². The van der Waals surface area contributed by atoms with E-state index in [0.29, 0.717) is 17.1 Å². The van der Waals surface area contributed by atoms with E-state index in [2.05, 4.69) is 22.0 Å². The summed E-state index contributed by atoms with van der Waals surface area (Å²) in [7, 11) is 0. The van der Waals surface area contributed by atoms with Crippen molar-refractivity contribution in [1.29, 1.82) is 5.26 Å². The predicted molar refractivity (Wildman–Crippen MR) is 76.0 cm³/mol. The Morgan fingerprint density at radius 2 is 1.79 bits per heavy atom. The molecule has 0 saturated heterocycles. The molecule has 0 radical (unpaired) electrons. The maximum atomic E-state index is 9.54. The molecule has 1 atom stereocenters. The molecule has 0 heterocycles. The second-order valence-corrected chi connectivity index (χ2v) is 4.95. The molecule has 2 aromatic carbocycles. The number of benzene rings is 2. The topological polar surface area (TPSA) is 53.2 Å². The third-order valence-corrected chi connectivity index (χ3v) is 3.33. The van der Waals surface area contributed by atoms with Gasteiger partial charge in [-0.3, -0.25) is 0 Å². The Kier molecular flexibility index (Phi) is 4.20.